The molecule has 0 aliphatic heterocycles. The van der Waals surface area contributed by atoms with Crippen LogP contribution in [0.4, 0.5) is 13.2 Å². The number of amides is 1. The van der Waals surface area contributed by atoms with E-state index in [0.29, 0.717) is 5.82 Å². The Morgan fingerprint density at radius 1 is 1.32 bits per heavy atom. The van der Waals surface area contributed by atoms with E-state index in [1.54, 1.807) is 12.2 Å². The van der Waals surface area contributed by atoms with Crippen LogP contribution in [0.2, 0.25) is 0 Å². The molecule has 1 heterocycles. The summed E-state index contributed by atoms with van der Waals surface area (Å²) in [5.74, 6) is -0.295. The topological polar surface area (TPSA) is 117 Å². The molecule has 0 aliphatic carbocycles. The summed E-state index contributed by atoms with van der Waals surface area (Å²) in [7, 11) is -3.99. The number of benzene rings is 1. The predicted molar refractivity (Wildman–Crippen MR) is 80.0 cm³/mol. The summed E-state index contributed by atoms with van der Waals surface area (Å²) in [6, 6.07) is 4.67. The first kappa shape index (κ1) is 18.9. The molecule has 8 nitrogen and oxygen atoms in total. The standard InChI is InChI=1S/C13H14F3N5O3S/c1-8-19-11(21-20-8)6-18-25(23,24)10-4-2-3-9(5-10)12(22)17-7-13(14,15)16/h2-5,18H,6-7H2,1H3,(H,17,22)(H,19,20,21). The summed E-state index contributed by atoms with van der Waals surface area (Å²) < 4.78 is 63.1. The lowest BCUT2D eigenvalue weighted by Crippen LogP contribution is -2.33. The number of aromatic nitrogens is 3. The van der Waals surface area contributed by atoms with E-state index in [1.165, 1.54) is 18.2 Å². The average Bonchev–Trinajstić information content (AvgIpc) is 2.96. The van der Waals surface area contributed by atoms with E-state index in [2.05, 4.69) is 19.9 Å². The molecule has 0 atom stereocenters. The average molecular weight is 377 g/mol. The fraction of sp³-hybridized carbons (Fsp3) is 0.308. The smallest absolute Gasteiger partial charge is 0.343 e. The van der Waals surface area contributed by atoms with Crippen molar-refractivity contribution < 1.29 is 26.4 Å². The van der Waals surface area contributed by atoms with Gasteiger partial charge in [0.25, 0.3) is 5.91 Å². The molecule has 25 heavy (non-hydrogen) atoms. The second kappa shape index (κ2) is 7.19. The van der Waals surface area contributed by atoms with Gasteiger partial charge in [-0.25, -0.2) is 18.1 Å². The molecule has 0 aliphatic rings. The molecular formula is C13H14F3N5O3S. The van der Waals surface area contributed by atoms with Crippen LogP contribution in [0.1, 0.15) is 22.0 Å². The number of nitrogens with one attached hydrogen (secondary N) is 3. The van der Waals surface area contributed by atoms with Gasteiger partial charge < -0.3 is 5.32 Å². The van der Waals surface area contributed by atoms with Crippen molar-refractivity contribution in [3.63, 3.8) is 0 Å². The summed E-state index contributed by atoms with van der Waals surface area (Å²) in [5, 5.41) is 8.00. The van der Waals surface area contributed by atoms with Crippen LogP contribution < -0.4 is 10.0 Å². The number of hydrogen-bond donors (Lipinski definition) is 3. The highest BCUT2D eigenvalue weighted by molar-refractivity contribution is 7.89. The minimum absolute atomic E-state index is 0.183. The third kappa shape index (κ3) is 5.53. The lowest BCUT2D eigenvalue weighted by molar-refractivity contribution is -0.123. The number of H-pyrrole nitrogens is 1. The highest BCUT2D eigenvalue weighted by Gasteiger charge is 2.28. The van der Waals surface area contributed by atoms with Crippen LogP contribution in [0.5, 0.6) is 0 Å². The van der Waals surface area contributed by atoms with Crippen LogP contribution in [-0.4, -0.2) is 42.2 Å². The number of aromatic amines is 1. The van der Waals surface area contributed by atoms with E-state index < -0.39 is 28.7 Å². The van der Waals surface area contributed by atoms with Gasteiger partial charge in [0.1, 0.15) is 12.4 Å². The van der Waals surface area contributed by atoms with Crippen molar-refractivity contribution in [3.8, 4) is 0 Å². The molecule has 0 fully saturated rings. The quantitative estimate of drug-likeness (QED) is 0.691. The van der Waals surface area contributed by atoms with Crippen LogP contribution in [0.3, 0.4) is 0 Å². The van der Waals surface area contributed by atoms with Crippen molar-refractivity contribution in [2.45, 2.75) is 24.5 Å². The molecule has 136 valence electrons. The lowest BCUT2D eigenvalue weighted by atomic mass is 10.2. The third-order valence-electron chi connectivity index (χ3n) is 2.92. The summed E-state index contributed by atoms with van der Waals surface area (Å²) in [6.07, 6.45) is -4.56. The maximum Gasteiger partial charge on any atom is 0.405 e. The van der Waals surface area contributed by atoms with E-state index in [9.17, 15) is 26.4 Å². The van der Waals surface area contributed by atoms with Gasteiger partial charge in [0.2, 0.25) is 10.0 Å². The Labute approximate surface area is 140 Å². The number of sulfonamides is 1. The Kier molecular flexibility index (Phi) is 5.42. The first-order valence-corrected chi connectivity index (χ1v) is 8.38. The maximum absolute atomic E-state index is 12.2. The van der Waals surface area contributed by atoms with Crippen LogP contribution >= 0.6 is 0 Å². The molecule has 1 aromatic carbocycles. The van der Waals surface area contributed by atoms with Gasteiger partial charge in [0, 0.05) is 5.56 Å². The molecule has 3 N–H and O–H groups in total. The monoisotopic (exact) mass is 377 g/mol. The van der Waals surface area contributed by atoms with Crippen LogP contribution in [0.25, 0.3) is 0 Å². The maximum atomic E-state index is 12.2. The van der Waals surface area contributed by atoms with E-state index >= 15 is 0 Å². The Morgan fingerprint density at radius 3 is 2.64 bits per heavy atom. The van der Waals surface area contributed by atoms with Gasteiger partial charge in [-0.2, -0.15) is 18.3 Å². The minimum Gasteiger partial charge on any atom is -0.343 e. The molecule has 0 radical (unpaired) electrons. The number of alkyl halides is 3. The molecule has 0 bridgehead atoms. The van der Waals surface area contributed by atoms with Crippen molar-refractivity contribution in [2.75, 3.05) is 6.54 Å². The number of hydrogen-bond acceptors (Lipinski definition) is 5. The summed E-state index contributed by atoms with van der Waals surface area (Å²) in [6.45, 7) is -0.0452. The summed E-state index contributed by atoms with van der Waals surface area (Å²) in [5.41, 5.74) is -0.208. The van der Waals surface area contributed by atoms with Gasteiger partial charge in [-0.1, -0.05) is 6.07 Å². The highest BCUT2D eigenvalue weighted by Crippen LogP contribution is 2.14. The molecular weight excluding hydrogens is 363 g/mol. The van der Waals surface area contributed by atoms with Crippen molar-refractivity contribution in [1.82, 2.24) is 25.2 Å². The van der Waals surface area contributed by atoms with Crippen molar-refractivity contribution in [1.29, 1.82) is 0 Å². The zero-order valence-corrected chi connectivity index (χ0v) is 13.7. The number of carbonyl (C=O) groups is 1. The Hall–Kier alpha value is -2.47. The van der Waals surface area contributed by atoms with E-state index in [0.717, 1.165) is 6.07 Å². The van der Waals surface area contributed by atoms with E-state index in [1.807, 2.05) is 0 Å². The van der Waals surface area contributed by atoms with Gasteiger partial charge in [-0.15, -0.1) is 0 Å². The Bertz CT molecular complexity index is 864. The number of aryl methyl sites for hydroxylation is 1. The third-order valence-corrected chi connectivity index (χ3v) is 4.32. The van der Waals surface area contributed by atoms with Crippen molar-refractivity contribution in [2.24, 2.45) is 0 Å². The normalized spacial score (nSPS) is 12.2. The van der Waals surface area contributed by atoms with Gasteiger partial charge in [0.05, 0.1) is 11.4 Å². The summed E-state index contributed by atoms with van der Waals surface area (Å²) >= 11 is 0. The lowest BCUT2D eigenvalue weighted by Gasteiger charge is -2.10. The van der Waals surface area contributed by atoms with Gasteiger partial charge in [-0.05, 0) is 25.1 Å². The van der Waals surface area contributed by atoms with E-state index in [4.69, 9.17) is 0 Å². The SMILES string of the molecule is Cc1nc(CNS(=O)(=O)c2cccc(C(=O)NCC(F)(F)F)c2)n[nH]1. The van der Waals surface area contributed by atoms with Gasteiger partial charge in [0.15, 0.2) is 5.82 Å². The highest BCUT2D eigenvalue weighted by atomic mass is 32.2. The number of nitrogens with zero attached hydrogens (tertiary/aromatic N) is 2. The molecule has 0 saturated carbocycles. The van der Waals surface area contributed by atoms with E-state index in [-0.39, 0.29) is 22.8 Å². The van der Waals surface area contributed by atoms with Gasteiger partial charge in [-0.3, -0.25) is 9.89 Å². The van der Waals surface area contributed by atoms with Gasteiger partial charge >= 0.3 is 6.18 Å². The second-order valence-electron chi connectivity index (χ2n) is 4.99. The first-order chi connectivity index (χ1) is 11.6. The predicted octanol–water partition coefficient (Wildman–Crippen LogP) is 0.884. The molecule has 1 amide bonds. The van der Waals surface area contributed by atoms with Crippen LogP contribution in [0.15, 0.2) is 29.2 Å². The number of rotatable bonds is 6. The molecule has 2 rings (SSSR count). The van der Waals surface area contributed by atoms with Crippen molar-refractivity contribution in [3.05, 3.63) is 41.5 Å². The Balaban J connectivity index is 2.09. The molecule has 0 spiro atoms. The zero-order valence-electron chi connectivity index (χ0n) is 12.9. The largest absolute Gasteiger partial charge is 0.405 e. The Morgan fingerprint density at radius 2 is 2.04 bits per heavy atom. The molecule has 0 unspecified atom stereocenters. The summed E-state index contributed by atoms with van der Waals surface area (Å²) in [4.78, 5) is 15.4. The van der Waals surface area contributed by atoms with Crippen LogP contribution in [-0.2, 0) is 16.6 Å². The fourth-order valence-electron chi connectivity index (χ4n) is 1.80. The molecule has 2 aromatic rings. The minimum atomic E-state index is -4.56. The van der Waals surface area contributed by atoms with Crippen molar-refractivity contribution >= 4 is 15.9 Å². The molecule has 1 aromatic heterocycles. The molecule has 12 heteroatoms. The molecule has 0 saturated heterocycles. The number of carbonyl (C=O) groups excluding carboxylic acids is 1. The zero-order chi connectivity index (χ0) is 18.7. The van der Waals surface area contributed by atoms with Crippen LogP contribution in [0, 0.1) is 6.92 Å². The second-order valence-corrected chi connectivity index (χ2v) is 6.75. The first-order valence-electron chi connectivity index (χ1n) is 6.89. The fourth-order valence-corrected chi connectivity index (χ4v) is 2.82. The number of halogens is 3.